The lowest BCUT2D eigenvalue weighted by atomic mass is 9.83. The zero-order chi connectivity index (χ0) is 12.8. The first-order valence-corrected chi connectivity index (χ1v) is 7.03. The van der Waals surface area contributed by atoms with Gasteiger partial charge >= 0.3 is 0 Å². The van der Waals surface area contributed by atoms with E-state index in [0.29, 0.717) is 6.61 Å². The van der Waals surface area contributed by atoms with E-state index < -0.39 is 0 Å². The first kappa shape index (κ1) is 13.4. The Kier molecular flexibility index (Phi) is 5.05. The average Bonchev–Trinajstić information content (AvgIpc) is 2.80. The van der Waals surface area contributed by atoms with Crippen molar-refractivity contribution in [2.75, 3.05) is 25.6 Å². The van der Waals surface area contributed by atoms with Gasteiger partial charge in [0.25, 0.3) is 0 Å². The summed E-state index contributed by atoms with van der Waals surface area (Å²) in [4.78, 5) is 4.36. The van der Waals surface area contributed by atoms with Crippen LogP contribution in [0.3, 0.4) is 0 Å². The van der Waals surface area contributed by atoms with E-state index in [1.54, 1.807) is 7.11 Å². The second-order valence-electron chi connectivity index (χ2n) is 5.45. The van der Waals surface area contributed by atoms with Gasteiger partial charge in [-0.2, -0.15) is 0 Å². The van der Waals surface area contributed by atoms with Gasteiger partial charge in [0.05, 0.1) is 6.61 Å². The summed E-state index contributed by atoms with van der Waals surface area (Å²) in [6.07, 6.45) is 9.43. The minimum Gasteiger partial charge on any atom is -0.383 e. The highest BCUT2D eigenvalue weighted by Crippen LogP contribution is 2.29. The van der Waals surface area contributed by atoms with E-state index in [2.05, 4.69) is 28.0 Å². The predicted octanol–water partition coefficient (Wildman–Crippen LogP) is 2.77. The van der Waals surface area contributed by atoms with Gasteiger partial charge in [-0.15, -0.1) is 0 Å². The van der Waals surface area contributed by atoms with Crippen LogP contribution in [-0.2, 0) is 11.3 Å². The summed E-state index contributed by atoms with van der Waals surface area (Å²) in [5, 5.41) is 3.32. The molecule has 2 rings (SSSR count). The highest BCUT2D eigenvalue weighted by atomic mass is 16.5. The van der Waals surface area contributed by atoms with Crippen molar-refractivity contribution in [2.24, 2.45) is 11.8 Å². The summed E-state index contributed by atoms with van der Waals surface area (Å²) in [5.41, 5.74) is 0. The number of ether oxygens (including phenoxy) is 1. The maximum Gasteiger partial charge on any atom is 0.202 e. The van der Waals surface area contributed by atoms with Gasteiger partial charge in [-0.05, 0) is 24.7 Å². The third kappa shape index (κ3) is 3.73. The highest BCUT2D eigenvalue weighted by molar-refractivity contribution is 5.25. The zero-order valence-corrected chi connectivity index (χ0v) is 11.6. The van der Waals surface area contributed by atoms with Crippen LogP contribution in [0, 0.1) is 11.8 Å². The van der Waals surface area contributed by atoms with Crippen LogP contribution in [0.15, 0.2) is 12.4 Å². The number of anilines is 1. The molecule has 1 N–H and O–H groups in total. The smallest absolute Gasteiger partial charge is 0.202 e. The Hall–Kier alpha value is -1.03. The van der Waals surface area contributed by atoms with Gasteiger partial charge < -0.3 is 14.6 Å². The Morgan fingerprint density at radius 3 is 2.89 bits per heavy atom. The molecule has 1 heterocycles. The summed E-state index contributed by atoms with van der Waals surface area (Å²) < 4.78 is 7.29. The Labute approximate surface area is 110 Å². The van der Waals surface area contributed by atoms with Crippen LogP contribution in [0.4, 0.5) is 5.95 Å². The lowest BCUT2D eigenvalue weighted by Crippen LogP contribution is -2.19. The van der Waals surface area contributed by atoms with Gasteiger partial charge in [0, 0.05) is 32.6 Å². The van der Waals surface area contributed by atoms with E-state index >= 15 is 0 Å². The predicted molar refractivity (Wildman–Crippen MR) is 73.7 cm³/mol. The largest absolute Gasteiger partial charge is 0.383 e. The van der Waals surface area contributed by atoms with Gasteiger partial charge in [0.15, 0.2) is 0 Å². The van der Waals surface area contributed by atoms with Gasteiger partial charge in [0.2, 0.25) is 5.95 Å². The maximum atomic E-state index is 5.04. The molecule has 0 amide bonds. The second-order valence-corrected chi connectivity index (χ2v) is 5.45. The summed E-state index contributed by atoms with van der Waals surface area (Å²) in [6.45, 7) is 5.00. The second kappa shape index (κ2) is 6.78. The van der Waals surface area contributed by atoms with Crippen molar-refractivity contribution < 1.29 is 4.74 Å². The molecule has 0 aromatic carbocycles. The van der Waals surface area contributed by atoms with Crippen molar-refractivity contribution in [3.05, 3.63) is 12.4 Å². The number of hydrogen-bond donors (Lipinski definition) is 1. The minimum atomic E-state index is 0.716. The van der Waals surface area contributed by atoms with Crippen LogP contribution in [0.25, 0.3) is 0 Å². The Balaban J connectivity index is 1.83. The van der Waals surface area contributed by atoms with Crippen molar-refractivity contribution >= 4 is 5.95 Å². The number of rotatable bonds is 6. The van der Waals surface area contributed by atoms with Crippen LogP contribution in [0.1, 0.15) is 32.6 Å². The van der Waals surface area contributed by atoms with Crippen molar-refractivity contribution in [3.8, 4) is 0 Å². The molecule has 4 heteroatoms. The monoisotopic (exact) mass is 251 g/mol. The highest BCUT2D eigenvalue weighted by Gasteiger charge is 2.19. The third-order valence-corrected chi connectivity index (χ3v) is 3.90. The zero-order valence-electron chi connectivity index (χ0n) is 11.6. The first-order valence-electron chi connectivity index (χ1n) is 7.03. The number of methoxy groups -OCH3 is 1. The molecule has 0 spiro atoms. The molecule has 1 saturated carbocycles. The summed E-state index contributed by atoms with van der Waals surface area (Å²) in [7, 11) is 1.72. The Morgan fingerprint density at radius 1 is 1.39 bits per heavy atom. The van der Waals surface area contributed by atoms with Crippen molar-refractivity contribution in [1.82, 2.24) is 9.55 Å². The molecule has 1 aromatic rings. The molecular weight excluding hydrogens is 226 g/mol. The number of nitrogens with zero attached hydrogens (tertiary/aromatic N) is 2. The van der Waals surface area contributed by atoms with Crippen LogP contribution >= 0.6 is 0 Å². The van der Waals surface area contributed by atoms with Gasteiger partial charge in [-0.25, -0.2) is 4.98 Å². The molecule has 0 saturated heterocycles. The molecule has 1 aromatic heterocycles. The van der Waals surface area contributed by atoms with Crippen LogP contribution in [-0.4, -0.2) is 29.8 Å². The lowest BCUT2D eigenvalue weighted by molar-refractivity contribution is 0.210. The molecule has 1 aliphatic carbocycles. The number of hydrogen-bond acceptors (Lipinski definition) is 3. The van der Waals surface area contributed by atoms with Gasteiger partial charge in [-0.1, -0.05) is 19.8 Å². The van der Waals surface area contributed by atoms with Crippen molar-refractivity contribution in [3.63, 3.8) is 0 Å². The first-order chi connectivity index (χ1) is 8.79. The Bertz CT molecular complexity index is 343. The summed E-state index contributed by atoms with van der Waals surface area (Å²) in [5.74, 6) is 2.72. The van der Waals surface area contributed by atoms with E-state index in [-0.39, 0.29) is 0 Å². The summed E-state index contributed by atoms with van der Waals surface area (Å²) >= 11 is 0. The Morgan fingerprint density at radius 2 is 2.17 bits per heavy atom. The molecule has 1 aliphatic rings. The van der Waals surface area contributed by atoms with E-state index in [4.69, 9.17) is 4.74 Å². The van der Waals surface area contributed by atoms with E-state index in [0.717, 1.165) is 30.9 Å². The quantitative estimate of drug-likeness (QED) is 0.790. The number of nitrogens with one attached hydrogen (secondary N) is 1. The van der Waals surface area contributed by atoms with E-state index in [1.807, 2.05) is 6.20 Å². The summed E-state index contributed by atoms with van der Waals surface area (Å²) in [6, 6.07) is 0. The molecule has 18 heavy (non-hydrogen) atoms. The maximum absolute atomic E-state index is 5.04. The molecule has 4 nitrogen and oxygen atoms in total. The number of imidazole rings is 1. The number of aromatic nitrogens is 2. The standard InChI is InChI=1S/C14H25N3O/c1-12-3-5-13(6-4-12)11-17-9-7-15-14(17)16-8-10-18-2/h7,9,12-13H,3-6,8,10-11H2,1-2H3,(H,15,16). The third-order valence-electron chi connectivity index (χ3n) is 3.90. The van der Waals surface area contributed by atoms with Crippen molar-refractivity contribution in [1.29, 1.82) is 0 Å². The topological polar surface area (TPSA) is 39.1 Å². The molecule has 0 unspecified atom stereocenters. The SMILES string of the molecule is COCCNc1nccn1CC1CCC(C)CC1. The molecule has 0 aliphatic heterocycles. The van der Waals surface area contributed by atoms with Crippen LogP contribution in [0.2, 0.25) is 0 Å². The fourth-order valence-corrected chi connectivity index (χ4v) is 2.68. The molecule has 0 radical (unpaired) electrons. The molecular formula is C14H25N3O. The molecule has 0 atom stereocenters. The minimum absolute atomic E-state index is 0.716. The average molecular weight is 251 g/mol. The fourth-order valence-electron chi connectivity index (χ4n) is 2.68. The fraction of sp³-hybridized carbons (Fsp3) is 0.786. The van der Waals surface area contributed by atoms with E-state index in [1.165, 1.54) is 25.7 Å². The molecule has 102 valence electrons. The van der Waals surface area contributed by atoms with Gasteiger partial charge in [0.1, 0.15) is 0 Å². The van der Waals surface area contributed by atoms with Gasteiger partial charge in [-0.3, -0.25) is 0 Å². The lowest BCUT2D eigenvalue weighted by Gasteiger charge is -2.26. The normalized spacial score (nSPS) is 24.1. The van der Waals surface area contributed by atoms with Crippen molar-refractivity contribution in [2.45, 2.75) is 39.2 Å². The molecule has 1 fully saturated rings. The molecule has 0 bridgehead atoms. The van der Waals surface area contributed by atoms with E-state index in [9.17, 15) is 0 Å². The van der Waals surface area contributed by atoms with Crippen LogP contribution in [0.5, 0.6) is 0 Å². The van der Waals surface area contributed by atoms with Crippen LogP contribution < -0.4 is 5.32 Å².